The molecule has 1 amide bonds. The number of phenolic OH excluding ortho intramolecular Hbond substituents is 1. The molecule has 2 aromatic rings. The van der Waals surface area contributed by atoms with Gasteiger partial charge in [-0.3, -0.25) is 4.79 Å². The van der Waals surface area contributed by atoms with Gasteiger partial charge in [-0.1, -0.05) is 18.2 Å². The summed E-state index contributed by atoms with van der Waals surface area (Å²) < 4.78 is 0. The molecule has 0 radical (unpaired) electrons. The maximum absolute atomic E-state index is 12.3. The minimum Gasteiger partial charge on any atom is -0.508 e. The van der Waals surface area contributed by atoms with Crippen LogP contribution in [-0.2, 0) is 24.3 Å². The van der Waals surface area contributed by atoms with E-state index >= 15 is 0 Å². The van der Waals surface area contributed by atoms with Gasteiger partial charge in [0.2, 0.25) is 5.91 Å². The van der Waals surface area contributed by atoms with Gasteiger partial charge in [0.15, 0.2) is 0 Å². The summed E-state index contributed by atoms with van der Waals surface area (Å²) in [5.74, 6) is 0.248. The summed E-state index contributed by atoms with van der Waals surface area (Å²) in [6, 6.07) is 12.6. The van der Waals surface area contributed by atoms with Gasteiger partial charge in [-0.2, -0.15) is 0 Å². The third-order valence-electron chi connectivity index (χ3n) is 3.57. The quantitative estimate of drug-likeness (QED) is 0.819. The molecule has 1 heterocycles. The Hall–Kier alpha value is -2.49. The van der Waals surface area contributed by atoms with Crippen LogP contribution in [0.4, 0.5) is 5.69 Å². The van der Waals surface area contributed by atoms with Crippen LogP contribution in [0, 0.1) is 0 Å². The highest BCUT2D eigenvalue weighted by molar-refractivity contribution is 5.79. The third-order valence-corrected chi connectivity index (χ3v) is 3.57. The van der Waals surface area contributed by atoms with Crippen molar-refractivity contribution < 1.29 is 9.90 Å². The van der Waals surface area contributed by atoms with Crippen LogP contribution in [0.15, 0.2) is 42.5 Å². The molecule has 0 saturated heterocycles. The first-order chi connectivity index (χ1) is 9.61. The molecular weight excluding hydrogens is 252 g/mol. The number of nitrogen functional groups attached to an aromatic ring is 1. The molecule has 4 nitrogen and oxygen atoms in total. The van der Waals surface area contributed by atoms with Crippen molar-refractivity contribution in [3.8, 4) is 5.75 Å². The number of phenols is 1. The molecular formula is C16H16N2O2. The lowest BCUT2D eigenvalue weighted by atomic mass is 10.1. The zero-order valence-electron chi connectivity index (χ0n) is 11.0. The van der Waals surface area contributed by atoms with Crippen LogP contribution in [0.5, 0.6) is 5.75 Å². The minimum atomic E-state index is 0.0605. The molecule has 3 rings (SSSR count). The molecule has 1 aliphatic rings. The number of hydrogen-bond donors (Lipinski definition) is 2. The standard InChI is InChI=1S/C16H16N2O2/c17-14-5-4-12-9-18(10-13(12)8-14)16(20)7-11-2-1-3-15(19)6-11/h1-6,8,19H,7,9-10,17H2. The van der Waals surface area contributed by atoms with E-state index in [2.05, 4.69) is 0 Å². The summed E-state index contributed by atoms with van der Waals surface area (Å²) in [7, 11) is 0. The maximum atomic E-state index is 12.3. The number of fused-ring (bicyclic) bond motifs is 1. The molecule has 0 spiro atoms. The molecule has 0 unspecified atom stereocenters. The van der Waals surface area contributed by atoms with E-state index in [1.165, 1.54) is 0 Å². The lowest BCUT2D eigenvalue weighted by Crippen LogP contribution is -2.26. The second kappa shape index (κ2) is 4.89. The number of anilines is 1. The van der Waals surface area contributed by atoms with Gasteiger partial charge in [0.1, 0.15) is 5.75 Å². The first kappa shape index (κ1) is 12.5. The summed E-state index contributed by atoms with van der Waals surface area (Å²) in [6.07, 6.45) is 0.303. The minimum absolute atomic E-state index is 0.0605. The van der Waals surface area contributed by atoms with E-state index in [-0.39, 0.29) is 11.7 Å². The van der Waals surface area contributed by atoms with Crippen LogP contribution in [0.25, 0.3) is 0 Å². The first-order valence-electron chi connectivity index (χ1n) is 6.55. The Morgan fingerprint density at radius 3 is 2.75 bits per heavy atom. The Labute approximate surface area is 117 Å². The fourth-order valence-electron chi connectivity index (χ4n) is 2.54. The largest absolute Gasteiger partial charge is 0.508 e. The smallest absolute Gasteiger partial charge is 0.227 e. The number of amides is 1. The van der Waals surface area contributed by atoms with Crippen molar-refractivity contribution in [2.45, 2.75) is 19.5 Å². The molecule has 20 heavy (non-hydrogen) atoms. The number of carbonyl (C=O) groups is 1. The van der Waals surface area contributed by atoms with Crippen LogP contribution in [0.2, 0.25) is 0 Å². The van der Waals surface area contributed by atoms with Crippen molar-refractivity contribution in [1.82, 2.24) is 4.90 Å². The van der Waals surface area contributed by atoms with E-state index in [1.54, 1.807) is 18.2 Å². The molecule has 0 bridgehead atoms. The lowest BCUT2D eigenvalue weighted by molar-refractivity contribution is -0.131. The van der Waals surface area contributed by atoms with Crippen LogP contribution in [0.3, 0.4) is 0 Å². The van der Waals surface area contributed by atoms with Crippen molar-refractivity contribution >= 4 is 11.6 Å². The SMILES string of the molecule is Nc1ccc2c(c1)CN(C(=O)Cc1cccc(O)c1)C2. The number of nitrogens with two attached hydrogens (primary N) is 1. The predicted octanol–water partition coefficient (Wildman–Crippen LogP) is 2.06. The average Bonchev–Trinajstić information content (AvgIpc) is 2.81. The fraction of sp³-hybridized carbons (Fsp3) is 0.188. The lowest BCUT2D eigenvalue weighted by Gasteiger charge is -2.15. The van der Waals surface area contributed by atoms with Crippen LogP contribution < -0.4 is 5.73 Å². The second-order valence-corrected chi connectivity index (χ2v) is 5.12. The molecule has 1 aliphatic heterocycles. The number of aromatic hydroxyl groups is 1. The number of benzene rings is 2. The summed E-state index contributed by atoms with van der Waals surface area (Å²) in [5.41, 5.74) is 9.59. The number of rotatable bonds is 2. The maximum Gasteiger partial charge on any atom is 0.227 e. The molecule has 3 N–H and O–H groups in total. The Balaban J connectivity index is 1.71. The van der Waals surface area contributed by atoms with Gasteiger partial charge in [0.25, 0.3) is 0 Å². The van der Waals surface area contributed by atoms with Gasteiger partial charge in [0, 0.05) is 18.8 Å². The highest BCUT2D eigenvalue weighted by Crippen LogP contribution is 2.25. The Bertz CT molecular complexity index is 667. The molecule has 0 fully saturated rings. The van der Waals surface area contributed by atoms with E-state index in [1.807, 2.05) is 29.2 Å². The van der Waals surface area contributed by atoms with Crippen LogP contribution in [-0.4, -0.2) is 15.9 Å². The summed E-state index contributed by atoms with van der Waals surface area (Å²) >= 11 is 0. The van der Waals surface area contributed by atoms with Crippen molar-refractivity contribution in [1.29, 1.82) is 0 Å². The number of carbonyl (C=O) groups excluding carboxylic acids is 1. The second-order valence-electron chi connectivity index (χ2n) is 5.12. The fourth-order valence-corrected chi connectivity index (χ4v) is 2.54. The van der Waals surface area contributed by atoms with E-state index in [0.717, 1.165) is 22.4 Å². The van der Waals surface area contributed by atoms with Crippen molar-refractivity contribution in [2.75, 3.05) is 5.73 Å². The van der Waals surface area contributed by atoms with E-state index in [0.29, 0.717) is 19.5 Å². The molecule has 0 aromatic heterocycles. The van der Waals surface area contributed by atoms with Crippen molar-refractivity contribution in [3.05, 3.63) is 59.2 Å². The first-order valence-corrected chi connectivity index (χ1v) is 6.55. The zero-order chi connectivity index (χ0) is 14.1. The van der Waals surface area contributed by atoms with Gasteiger partial charge in [-0.25, -0.2) is 0 Å². The molecule has 4 heteroatoms. The summed E-state index contributed by atoms with van der Waals surface area (Å²) in [4.78, 5) is 14.1. The van der Waals surface area contributed by atoms with Gasteiger partial charge < -0.3 is 15.7 Å². The van der Waals surface area contributed by atoms with Gasteiger partial charge >= 0.3 is 0 Å². The van der Waals surface area contributed by atoms with Gasteiger partial charge in [-0.15, -0.1) is 0 Å². The monoisotopic (exact) mass is 268 g/mol. The van der Waals surface area contributed by atoms with Gasteiger partial charge in [0.05, 0.1) is 6.42 Å². The Morgan fingerprint density at radius 2 is 1.95 bits per heavy atom. The van der Waals surface area contributed by atoms with Crippen LogP contribution >= 0.6 is 0 Å². The van der Waals surface area contributed by atoms with Crippen molar-refractivity contribution in [2.24, 2.45) is 0 Å². The molecule has 0 saturated carbocycles. The normalized spacial score (nSPS) is 13.3. The van der Waals surface area contributed by atoms with Crippen molar-refractivity contribution in [3.63, 3.8) is 0 Å². The third kappa shape index (κ3) is 2.45. The molecule has 102 valence electrons. The molecule has 2 aromatic carbocycles. The Morgan fingerprint density at radius 1 is 1.15 bits per heavy atom. The molecule has 0 atom stereocenters. The zero-order valence-corrected chi connectivity index (χ0v) is 11.0. The van der Waals surface area contributed by atoms with E-state index in [4.69, 9.17) is 5.73 Å². The Kier molecular flexibility index (Phi) is 3.06. The van der Waals surface area contributed by atoms with Gasteiger partial charge in [-0.05, 0) is 41.0 Å². The molecule has 0 aliphatic carbocycles. The van der Waals surface area contributed by atoms with Crippen LogP contribution in [0.1, 0.15) is 16.7 Å². The number of hydrogen-bond acceptors (Lipinski definition) is 3. The topological polar surface area (TPSA) is 66.6 Å². The van der Waals surface area contributed by atoms with E-state index < -0.39 is 0 Å². The number of nitrogens with zero attached hydrogens (tertiary/aromatic N) is 1. The highest BCUT2D eigenvalue weighted by Gasteiger charge is 2.23. The predicted molar refractivity (Wildman–Crippen MR) is 76.9 cm³/mol. The highest BCUT2D eigenvalue weighted by atomic mass is 16.3. The van der Waals surface area contributed by atoms with E-state index in [9.17, 15) is 9.90 Å². The summed E-state index contributed by atoms with van der Waals surface area (Å²) in [6.45, 7) is 1.24. The summed E-state index contributed by atoms with van der Waals surface area (Å²) in [5, 5.41) is 9.43. The average molecular weight is 268 g/mol.